The number of H-pyrrole nitrogens is 1. The molecule has 0 aliphatic carbocycles. The second kappa shape index (κ2) is 4.96. The van der Waals surface area contributed by atoms with E-state index < -0.39 is 6.10 Å². The van der Waals surface area contributed by atoms with E-state index in [1.54, 1.807) is 18.2 Å². The van der Waals surface area contributed by atoms with Crippen LogP contribution in [0.2, 0.25) is 10.0 Å². The summed E-state index contributed by atoms with van der Waals surface area (Å²) >= 11 is 12.1. The van der Waals surface area contributed by atoms with E-state index in [9.17, 15) is 5.11 Å². The molecule has 1 aromatic carbocycles. The number of aromatic amines is 1. The van der Waals surface area contributed by atoms with Crippen LogP contribution in [-0.2, 0) is 0 Å². The molecule has 1 aromatic heterocycles. The first-order chi connectivity index (χ1) is 8.43. The third-order valence-corrected chi connectivity index (χ3v) is 4.23. The first-order valence-electron chi connectivity index (χ1n) is 5.71. The van der Waals surface area contributed by atoms with Crippen LogP contribution in [0.4, 0.5) is 0 Å². The van der Waals surface area contributed by atoms with Gasteiger partial charge in [-0.3, -0.25) is 0 Å². The maximum absolute atomic E-state index is 10.4. The minimum absolute atomic E-state index is 0.399. The molecule has 0 radical (unpaired) electrons. The highest BCUT2D eigenvalue weighted by Gasteiger charge is 2.20. The maximum Gasteiger partial charge on any atom is 0.121 e. The molecule has 4 heteroatoms. The Balaban J connectivity index is 2.51. The number of nitrogens with one attached hydrogen (secondary N) is 1. The highest BCUT2D eigenvalue weighted by molar-refractivity contribution is 6.42. The average Bonchev–Trinajstić information content (AvgIpc) is 2.60. The topological polar surface area (TPSA) is 36.0 Å². The van der Waals surface area contributed by atoms with E-state index in [0.29, 0.717) is 15.6 Å². The Morgan fingerprint density at radius 1 is 1.11 bits per heavy atom. The number of rotatable bonds is 2. The Morgan fingerprint density at radius 2 is 1.78 bits per heavy atom. The first kappa shape index (κ1) is 13.5. The van der Waals surface area contributed by atoms with Crippen LogP contribution >= 0.6 is 23.2 Å². The van der Waals surface area contributed by atoms with Crippen LogP contribution in [0.1, 0.15) is 34.2 Å². The number of aliphatic hydroxyl groups excluding tert-OH is 1. The predicted octanol–water partition coefficient (Wildman–Crippen LogP) is 4.33. The largest absolute Gasteiger partial charge is 0.382 e. The first-order valence-corrected chi connectivity index (χ1v) is 6.46. The van der Waals surface area contributed by atoms with E-state index in [2.05, 4.69) is 4.98 Å². The number of hydrogen-bond donors (Lipinski definition) is 2. The highest BCUT2D eigenvalue weighted by atomic mass is 35.5. The molecular weight excluding hydrogens is 269 g/mol. The molecule has 0 saturated heterocycles. The second-order valence-electron chi connectivity index (χ2n) is 4.46. The normalized spacial score (nSPS) is 12.8. The monoisotopic (exact) mass is 283 g/mol. The highest BCUT2D eigenvalue weighted by Crippen LogP contribution is 2.34. The van der Waals surface area contributed by atoms with Gasteiger partial charge in [0.25, 0.3) is 0 Å². The van der Waals surface area contributed by atoms with Gasteiger partial charge in [0.2, 0.25) is 0 Å². The van der Waals surface area contributed by atoms with Crippen LogP contribution < -0.4 is 0 Å². The molecule has 1 atom stereocenters. The molecule has 1 heterocycles. The lowest BCUT2D eigenvalue weighted by molar-refractivity contribution is 0.215. The molecule has 0 fully saturated rings. The molecule has 0 spiro atoms. The van der Waals surface area contributed by atoms with Crippen molar-refractivity contribution in [2.45, 2.75) is 26.9 Å². The van der Waals surface area contributed by atoms with Crippen molar-refractivity contribution in [2.75, 3.05) is 0 Å². The zero-order valence-electron chi connectivity index (χ0n) is 10.5. The number of aliphatic hydroxyl groups is 1. The fourth-order valence-corrected chi connectivity index (χ4v) is 2.44. The summed E-state index contributed by atoms with van der Waals surface area (Å²) in [7, 11) is 0. The third-order valence-electron chi connectivity index (χ3n) is 3.40. The van der Waals surface area contributed by atoms with E-state index in [4.69, 9.17) is 23.2 Å². The smallest absolute Gasteiger partial charge is 0.121 e. The van der Waals surface area contributed by atoms with Crippen LogP contribution in [-0.4, -0.2) is 10.1 Å². The second-order valence-corrected chi connectivity index (χ2v) is 5.24. The Bertz CT molecular complexity index is 590. The minimum Gasteiger partial charge on any atom is -0.382 e. The van der Waals surface area contributed by atoms with Crippen molar-refractivity contribution in [3.05, 3.63) is 56.3 Å². The summed E-state index contributed by atoms with van der Waals surface area (Å²) < 4.78 is 0. The summed E-state index contributed by atoms with van der Waals surface area (Å²) in [6.07, 6.45) is -0.788. The van der Waals surface area contributed by atoms with Gasteiger partial charge in [0.05, 0.1) is 15.7 Å². The fourth-order valence-electron chi connectivity index (χ4n) is 2.03. The third kappa shape index (κ3) is 2.16. The summed E-state index contributed by atoms with van der Waals surface area (Å²) in [5.74, 6) is 0. The SMILES string of the molecule is Cc1[nH]c(C(O)c2cccc(Cl)c2Cl)c(C)c1C. The summed E-state index contributed by atoms with van der Waals surface area (Å²) in [5, 5.41) is 11.3. The molecule has 2 nitrogen and oxygen atoms in total. The molecular formula is C14H15Cl2NO. The lowest BCUT2D eigenvalue weighted by Gasteiger charge is -2.13. The van der Waals surface area contributed by atoms with E-state index in [1.165, 1.54) is 0 Å². The van der Waals surface area contributed by atoms with Gasteiger partial charge in [-0.25, -0.2) is 0 Å². The molecule has 0 bridgehead atoms. The zero-order chi connectivity index (χ0) is 13.4. The molecule has 0 aliphatic heterocycles. The van der Waals surface area contributed by atoms with E-state index in [-0.39, 0.29) is 0 Å². The molecule has 2 aromatic rings. The van der Waals surface area contributed by atoms with Gasteiger partial charge in [0, 0.05) is 11.3 Å². The lowest BCUT2D eigenvalue weighted by atomic mass is 10.0. The van der Waals surface area contributed by atoms with Gasteiger partial charge in [0.1, 0.15) is 6.10 Å². The Morgan fingerprint density at radius 3 is 2.33 bits per heavy atom. The zero-order valence-corrected chi connectivity index (χ0v) is 12.0. The van der Waals surface area contributed by atoms with Crippen molar-refractivity contribution < 1.29 is 5.11 Å². The summed E-state index contributed by atoms with van der Waals surface area (Å²) in [5.41, 5.74) is 4.65. The van der Waals surface area contributed by atoms with Gasteiger partial charge in [-0.2, -0.15) is 0 Å². The Kier molecular flexibility index (Phi) is 3.71. The molecule has 2 N–H and O–H groups in total. The van der Waals surface area contributed by atoms with Crippen LogP contribution in [0, 0.1) is 20.8 Å². The summed E-state index contributed by atoms with van der Waals surface area (Å²) in [6, 6.07) is 5.27. The molecule has 96 valence electrons. The van der Waals surface area contributed by atoms with Gasteiger partial charge < -0.3 is 10.1 Å². The molecule has 0 amide bonds. The van der Waals surface area contributed by atoms with E-state index in [0.717, 1.165) is 22.5 Å². The van der Waals surface area contributed by atoms with Crippen molar-refractivity contribution in [1.29, 1.82) is 0 Å². The van der Waals surface area contributed by atoms with Gasteiger partial charge in [-0.15, -0.1) is 0 Å². The molecule has 0 aliphatic rings. The number of benzene rings is 1. The number of hydrogen-bond acceptors (Lipinski definition) is 1. The van der Waals surface area contributed by atoms with Gasteiger partial charge in [-0.1, -0.05) is 35.3 Å². The van der Waals surface area contributed by atoms with Crippen molar-refractivity contribution in [1.82, 2.24) is 4.98 Å². The molecule has 18 heavy (non-hydrogen) atoms. The molecule has 0 saturated carbocycles. The quantitative estimate of drug-likeness (QED) is 0.846. The van der Waals surface area contributed by atoms with E-state index in [1.807, 2.05) is 20.8 Å². The summed E-state index contributed by atoms with van der Waals surface area (Å²) in [4.78, 5) is 3.21. The standard InChI is InChI=1S/C14H15Cl2NO/c1-7-8(2)13(17-9(7)3)14(18)10-5-4-6-11(15)12(10)16/h4-6,14,17-18H,1-3H3. The van der Waals surface area contributed by atoms with Gasteiger partial charge >= 0.3 is 0 Å². The van der Waals surface area contributed by atoms with Crippen LogP contribution in [0.15, 0.2) is 18.2 Å². The molecule has 2 rings (SSSR count). The summed E-state index contributed by atoms with van der Waals surface area (Å²) in [6.45, 7) is 5.99. The molecule has 1 unspecified atom stereocenters. The predicted molar refractivity (Wildman–Crippen MR) is 75.5 cm³/mol. The lowest BCUT2D eigenvalue weighted by Crippen LogP contribution is -2.03. The van der Waals surface area contributed by atoms with Crippen LogP contribution in [0.5, 0.6) is 0 Å². The van der Waals surface area contributed by atoms with E-state index >= 15 is 0 Å². The van der Waals surface area contributed by atoms with Crippen LogP contribution in [0.3, 0.4) is 0 Å². The fraction of sp³-hybridized carbons (Fsp3) is 0.286. The number of aromatic nitrogens is 1. The van der Waals surface area contributed by atoms with Crippen molar-refractivity contribution >= 4 is 23.2 Å². The Hall–Kier alpha value is -0.960. The Labute approximate surface area is 117 Å². The van der Waals surface area contributed by atoms with Crippen molar-refractivity contribution in [3.63, 3.8) is 0 Å². The average molecular weight is 284 g/mol. The number of aryl methyl sites for hydroxylation is 1. The number of halogens is 2. The van der Waals surface area contributed by atoms with Crippen molar-refractivity contribution in [3.8, 4) is 0 Å². The van der Waals surface area contributed by atoms with Gasteiger partial charge in [0.15, 0.2) is 0 Å². The van der Waals surface area contributed by atoms with Crippen LogP contribution in [0.25, 0.3) is 0 Å². The van der Waals surface area contributed by atoms with Gasteiger partial charge in [-0.05, 0) is 38.0 Å². The van der Waals surface area contributed by atoms with Crippen molar-refractivity contribution in [2.24, 2.45) is 0 Å². The maximum atomic E-state index is 10.4. The minimum atomic E-state index is -0.788.